The third kappa shape index (κ3) is 2.26. The van der Waals surface area contributed by atoms with Crippen molar-refractivity contribution >= 4 is 11.9 Å². The number of rotatable bonds is 3. The number of aliphatic imine (C=N–C) groups is 1. The molecule has 4 fully saturated rings. The predicted molar refractivity (Wildman–Crippen MR) is 111 cm³/mol. The number of likely N-dealkylation sites (tertiary alicyclic amines) is 1. The van der Waals surface area contributed by atoms with Gasteiger partial charge in [0.15, 0.2) is 0 Å². The Labute approximate surface area is 178 Å². The Morgan fingerprint density at radius 1 is 1.30 bits per heavy atom. The number of nitrogens with one attached hydrogen (secondary N) is 2. The molecule has 2 spiro atoms. The fourth-order valence-electron chi connectivity index (χ4n) is 9.31. The number of piperidine rings is 1. The molecule has 0 aromatic rings. The highest BCUT2D eigenvalue weighted by Crippen LogP contribution is 2.79. The Morgan fingerprint density at radius 3 is 2.77 bits per heavy atom. The van der Waals surface area contributed by atoms with Gasteiger partial charge in [-0.05, 0) is 69.4 Å². The number of nitrogens with zero attached hydrogens (tertiary/aromatic N) is 1. The molecule has 1 aliphatic heterocycles. The molecule has 5 aliphatic rings. The fourth-order valence-corrected chi connectivity index (χ4v) is 9.31. The van der Waals surface area contributed by atoms with E-state index in [1.165, 1.54) is 4.90 Å². The van der Waals surface area contributed by atoms with E-state index in [0.29, 0.717) is 23.7 Å². The molecule has 1 unspecified atom stereocenters. The predicted octanol–water partition coefficient (Wildman–Crippen LogP) is -1.32. The second-order valence-corrected chi connectivity index (χ2v) is 10.4. The zero-order valence-electron chi connectivity index (χ0n) is 18.2. The lowest BCUT2D eigenvalue weighted by Gasteiger charge is -2.64. The highest BCUT2D eigenvalue weighted by Gasteiger charge is 2.77. The van der Waals surface area contributed by atoms with Crippen LogP contribution in [0.25, 0.3) is 0 Å². The maximum absolute atomic E-state index is 12.2. The highest BCUT2D eigenvalue weighted by atomic mass is 16.4. The number of hydrogen-bond donors (Lipinski definition) is 4. The SMILES string of the molecule is CN=C(N)[NH+]1CC[C@@H](CNC)[C@@]2(C1)[C@@H]1CC[C@H]3CCC[C@@H]4[C@@H](O)C(C(=O)[O-])=C(C1)[C@@]342. The summed E-state index contributed by atoms with van der Waals surface area (Å²) in [5.41, 5.74) is 7.39. The van der Waals surface area contributed by atoms with Gasteiger partial charge in [0, 0.05) is 29.9 Å². The summed E-state index contributed by atoms with van der Waals surface area (Å²) in [4.78, 5) is 17.8. The van der Waals surface area contributed by atoms with Crippen molar-refractivity contribution in [3.8, 4) is 0 Å². The number of guanidine groups is 1. The van der Waals surface area contributed by atoms with E-state index in [2.05, 4.69) is 10.3 Å². The maximum Gasteiger partial charge on any atom is 0.293 e. The first-order valence-electron chi connectivity index (χ1n) is 11.8. The zero-order valence-corrected chi connectivity index (χ0v) is 18.2. The summed E-state index contributed by atoms with van der Waals surface area (Å²) in [5, 5.41) is 27.0. The fraction of sp³-hybridized carbons (Fsp3) is 0.826. The van der Waals surface area contributed by atoms with Gasteiger partial charge in [-0.2, -0.15) is 0 Å². The second-order valence-electron chi connectivity index (χ2n) is 10.4. The number of quaternary nitrogens is 1. The molecule has 1 heterocycles. The summed E-state index contributed by atoms with van der Waals surface area (Å²) in [6, 6.07) is 0. The highest BCUT2D eigenvalue weighted by molar-refractivity contribution is 5.89. The molecule has 1 saturated heterocycles. The van der Waals surface area contributed by atoms with Crippen LogP contribution >= 0.6 is 0 Å². The van der Waals surface area contributed by atoms with Crippen LogP contribution in [0.1, 0.15) is 44.9 Å². The zero-order chi connectivity index (χ0) is 21.3. The van der Waals surface area contributed by atoms with Gasteiger partial charge in [-0.15, -0.1) is 0 Å². The molecule has 166 valence electrons. The lowest BCUT2D eigenvalue weighted by atomic mass is 9.40. The number of allylic oxidation sites excluding steroid dienone is 1. The monoisotopic (exact) mass is 416 g/mol. The first-order chi connectivity index (χ1) is 14.4. The number of carbonyl (C=O) groups excluding carboxylic acids is 1. The molecular formula is C23H36N4O3. The summed E-state index contributed by atoms with van der Waals surface area (Å²) in [5.74, 6) is 0.869. The Morgan fingerprint density at radius 2 is 2.07 bits per heavy atom. The summed E-state index contributed by atoms with van der Waals surface area (Å²) in [6.45, 7) is 2.79. The van der Waals surface area contributed by atoms with Crippen molar-refractivity contribution in [1.82, 2.24) is 5.32 Å². The Bertz CT molecular complexity index is 810. The molecule has 30 heavy (non-hydrogen) atoms. The number of aliphatic carboxylic acids is 1. The summed E-state index contributed by atoms with van der Waals surface area (Å²) in [6.07, 6.45) is 6.40. The van der Waals surface area contributed by atoms with Crippen LogP contribution in [0.15, 0.2) is 16.1 Å². The van der Waals surface area contributed by atoms with Gasteiger partial charge in [0.05, 0.1) is 25.2 Å². The van der Waals surface area contributed by atoms with Crippen molar-refractivity contribution in [3.63, 3.8) is 0 Å². The van der Waals surface area contributed by atoms with Crippen LogP contribution in [-0.2, 0) is 4.79 Å². The van der Waals surface area contributed by atoms with Crippen molar-refractivity contribution in [1.29, 1.82) is 0 Å². The van der Waals surface area contributed by atoms with Crippen LogP contribution in [0.2, 0.25) is 0 Å². The molecule has 5 N–H and O–H groups in total. The quantitative estimate of drug-likeness (QED) is 0.336. The molecule has 5 rings (SSSR count). The van der Waals surface area contributed by atoms with Gasteiger partial charge < -0.3 is 26.1 Å². The number of aliphatic hydroxyl groups is 1. The molecule has 0 radical (unpaired) electrons. The van der Waals surface area contributed by atoms with E-state index in [-0.39, 0.29) is 22.3 Å². The third-order valence-electron chi connectivity index (χ3n) is 9.91. The van der Waals surface area contributed by atoms with E-state index in [0.717, 1.165) is 70.2 Å². The second kappa shape index (κ2) is 7.04. The topological polar surface area (TPSA) is 115 Å². The molecular weight excluding hydrogens is 380 g/mol. The largest absolute Gasteiger partial charge is 0.545 e. The first kappa shape index (κ1) is 20.5. The summed E-state index contributed by atoms with van der Waals surface area (Å²) in [7, 11) is 3.78. The minimum Gasteiger partial charge on any atom is -0.545 e. The number of nitrogens with two attached hydrogens (primary N) is 1. The lowest BCUT2D eigenvalue weighted by Crippen LogP contribution is -3.19. The summed E-state index contributed by atoms with van der Waals surface area (Å²) < 4.78 is 0. The lowest BCUT2D eigenvalue weighted by molar-refractivity contribution is -0.829. The summed E-state index contributed by atoms with van der Waals surface area (Å²) >= 11 is 0. The molecule has 0 aromatic carbocycles. The van der Waals surface area contributed by atoms with Crippen molar-refractivity contribution < 1.29 is 19.9 Å². The maximum atomic E-state index is 12.2. The van der Waals surface area contributed by atoms with Gasteiger partial charge >= 0.3 is 0 Å². The smallest absolute Gasteiger partial charge is 0.293 e. The normalized spacial score (nSPS) is 47.6. The van der Waals surface area contributed by atoms with Gasteiger partial charge in [-0.3, -0.25) is 4.90 Å². The number of aliphatic hydroxyl groups excluding tert-OH is 1. The van der Waals surface area contributed by atoms with Crippen molar-refractivity contribution in [3.05, 3.63) is 11.1 Å². The molecule has 4 aliphatic carbocycles. The van der Waals surface area contributed by atoms with Crippen molar-refractivity contribution in [2.75, 3.05) is 33.7 Å². The Kier molecular flexibility index (Phi) is 4.80. The van der Waals surface area contributed by atoms with Crippen LogP contribution in [-0.4, -0.2) is 56.9 Å². The van der Waals surface area contributed by atoms with Gasteiger partial charge in [0.2, 0.25) is 0 Å². The Hall–Kier alpha value is -1.44. The minimum absolute atomic E-state index is 0.00273. The molecule has 7 heteroatoms. The third-order valence-corrected chi connectivity index (χ3v) is 9.91. The van der Waals surface area contributed by atoms with Crippen LogP contribution in [0, 0.1) is 34.5 Å². The van der Waals surface area contributed by atoms with Crippen LogP contribution in [0.4, 0.5) is 0 Å². The van der Waals surface area contributed by atoms with Gasteiger partial charge in [0.25, 0.3) is 5.96 Å². The Balaban J connectivity index is 1.75. The average molecular weight is 417 g/mol. The van der Waals surface area contributed by atoms with Gasteiger partial charge in [-0.1, -0.05) is 12.0 Å². The van der Waals surface area contributed by atoms with E-state index < -0.39 is 12.1 Å². The minimum atomic E-state index is -1.15. The molecule has 0 aromatic heterocycles. The van der Waals surface area contributed by atoms with E-state index in [1.807, 2.05) is 7.05 Å². The van der Waals surface area contributed by atoms with Gasteiger partial charge in [0.1, 0.15) is 0 Å². The van der Waals surface area contributed by atoms with E-state index >= 15 is 0 Å². The van der Waals surface area contributed by atoms with Gasteiger partial charge in [-0.25, -0.2) is 4.99 Å². The molecule has 8 atom stereocenters. The van der Waals surface area contributed by atoms with E-state index in [1.54, 1.807) is 7.05 Å². The molecule has 0 amide bonds. The molecule has 3 saturated carbocycles. The van der Waals surface area contributed by atoms with E-state index in [4.69, 9.17) is 5.73 Å². The number of carboxylic acid groups (broad SMARTS) is 1. The first-order valence-corrected chi connectivity index (χ1v) is 11.8. The molecule has 2 bridgehead atoms. The van der Waals surface area contributed by atoms with Crippen LogP contribution in [0.3, 0.4) is 0 Å². The van der Waals surface area contributed by atoms with Crippen LogP contribution in [0.5, 0.6) is 0 Å². The number of carbonyl (C=O) groups is 1. The van der Waals surface area contributed by atoms with Crippen molar-refractivity contribution in [2.45, 2.75) is 51.0 Å². The number of carboxylic acids is 1. The average Bonchev–Trinajstić information content (AvgIpc) is 3.04. The molecule has 7 nitrogen and oxygen atoms in total. The standard InChI is InChI=1S/C23H36N4O3/c1-25-11-15-8-9-27(21(24)26-2)12-22(15)14-7-6-13-4-3-5-16-19(28)18(20(29)30)17(10-14)23(13,16)22/h13-16,19,25,28H,3-12H2,1-2H3,(H2,24,26)(H,29,30)/t13-,14-,15+,16-,19-,22-,23-/m1/s1. The number of hydrogen-bond acceptors (Lipinski definition) is 5. The van der Waals surface area contributed by atoms with E-state index in [9.17, 15) is 15.0 Å². The van der Waals surface area contributed by atoms with Crippen LogP contribution < -0.4 is 21.1 Å². The van der Waals surface area contributed by atoms with Crippen molar-refractivity contribution in [2.24, 2.45) is 45.2 Å².